The first-order valence-electron chi connectivity index (χ1n) is 12.1. The Hall–Kier alpha value is -2.00. The van der Waals surface area contributed by atoms with E-state index < -0.39 is 28.5 Å². The first kappa shape index (κ1) is 29.6. The quantitative estimate of drug-likeness (QED) is 0.414. The van der Waals surface area contributed by atoms with Gasteiger partial charge >= 0.3 is 0 Å². The molecule has 0 radical (unpaired) electrons. The summed E-state index contributed by atoms with van der Waals surface area (Å²) in [6, 6.07) is 8.95. The van der Waals surface area contributed by atoms with Gasteiger partial charge in [-0.1, -0.05) is 66.2 Å². The fraction of sp³-hybridized carbons (Fsp3) is 0.462. The lowest BCUT2D eigenvalue weighted by atomic mass is 9.95. The number of benzene rings is 2. The van der Waals surface area contributed by atoms with Crippen LogP contribution in [0.1, 0.15) is 50.2 Å². The van der Waals surface area contributed by atoms with E-state index in [1.165, 1.54) is 4.90 Å². The monoisotopic (exact) mass is 587 g/mol. The summed E-state index contributed by atoms with van der Waals surface area (Å²) in [6.07, 6.45) is 6.05. The van der Waals surface area contributed by atoms with Crippen LogP contribution in [-0.2, 0) is 26.2 Å². The normalized spacial score (nSPS) is 15.2. The van der Waals surface area contributed by atoms with Gasteiger partial charge in [-0.3, -0.25) is 13.9 Å². The van der Waals surface area contributed by atoms with Crippen molar-refractivity contribution in [3.8, 4) is 0 Å². The van der Waals surface area contributed by atoms with Crippen LogP contribution in [0, 0.1) is 6.92 Å². The van der Waals surface area contributed by atoms with E-state index in [-0.39, 0.29) is 18.5 Å². The molecule has 3 rings (SSSR count). The minimum absolute atomic E-state index is 0.000217. The third-order valence-electron chi connectivity index (χ3n) is 6.66. The number of carbonyl (C=O) groups is 2. The maximum Gasteiger partial charge on any atom is 0.244 e. The zero-order chi connectivity index (χ0) is 27.3. The summed E-state index contributed by atoms with van der Waals surface area (Å²) >= 11 is 18.7. The van der Waals surface area contributed by atoms with Gasteiger partial charge in [-0.25, -0.2) is 8.42 Å². The topological polar surface area (TPSA) is 86.8 Å². The summed E-state index contributed by atoms with van der Waals surface area (Å²) < 4.78 is 26.5. The molecule has 1 aliphatic rings. The van der Waals surface area contributed by atoms with Crippen molar-refractivity contribution >= 4 is 62.3 Å². The predicted molar refractivity (Wildman–Crippen MR) is 150 cm³/mol. The number of halogens is 3. The molecular formula is C26H32Cl3N3O4S. The highest BCUT2D eigenvalue weighted by atomic mass is 35.5. The Kier molecular flexibility index (Phi) is 10.1. The van der Waals surface area contributed by atoms with Gasteiger partial charge in [0.1, 0.15) is 12.6 Å². The van der Waals surface area contributed by atoms with E-state index in [0.29, 0.717) is 31.9 Å². The summed E-state index contributed by atoms with van der Waals surface area (Å²) in [7, 11) is -3.86. The van der Waals surface area contributed by atoms with Gasteiger partial charge in [-0.2, -0.15) is 0 Å². The Morgan fingerprint density at radius 2 is 1.73 bits per heavy atom. The fourth-order valence-electron chi connectivity index (χ4n) is 4.45. The molecule has 1 fully saturated rings. The van der Waals surface area contributed by atoms with Crippen molar-refractivity contribution in [3.05, 3.63) is 62.6 Å². The average molecular weight is 589 g/mol. The molecule has 2 amide bonds. The number of nitrogens with zero attached hydrogens (tertiary/aromatic N) is 2. The highest BCUT2D eigenvalue weighted by Gasteiger charge is 2.32. The van der Waals surface area contributed by atoms with Crippen molar-refractivity contribution in [1.82, 2.24) is 10.2 Å². The van der Waals surface area contributed by atoms with Crippen molar-refractivity contribution in [1.29, 1.82) is 0 Å². The number of hydrogen-bond acceptors (Lipinski definition) is 4. The van der Waals surface area contributed by atoms with Gasteiger partial charge in [0.2, 0.25) is 21.8 Å². The lowest BCUT2D eigenvalue weighted by Gasteiger charge is -2.33. The molecule has 37 heavy (non-hydrogen) atoms. The molecule has 0 heterocycles. The van der Waals surface area contributed by atoms with Crippen molar-refractivity contribution < 1.29 is 18.0 Å². The van der Waals surface area contributed by atoms with E-state index in [1.54, 1.807) is 50.2 Å². The lowest BCUT2D eigenvalue weighted by molar-refractivity contribution is -0.139. The minimum atomic E-state index is -3.86. The molecule has 0 aliphatic heterocycles. The largest absolute Gasteiger partial charge is 0.352 e. The summed E-state index contributed by atoms with van der Waals surface area (Å²) in [4.78, 5) is 28.3. The summed E-state index contributed by atoms with van der Waals surface area (Å²) in [5, 5.41) is 4.22. The molecule has 2 aromatic carbocycles. The molecule has 1 atom stereocenters. The second kappa shape index (κ2) is 12.7. The van der Waals surface area contributed by atoms with Crippen LogP contribution in [0.15, 0.2) is 36.4 Å². The predicted octanol–water partition coefficient (Wildman–Crippen LogP) is 5.59. The van der Waals surface area contributed by atoms with Crippen LogP contribution in [0.2, 0.25) is 15.1 Å². The molecule has 0 spiro atoms. The molecular weight excluding hydrogens is 557 g/mol. The second-order valence-corrected chi connectivity index (χ2v) is 12.6. The first-order chi connectivity index (χ1) is 17.4. The van der Waals surface area contributed by atoms with E-state index in [9.17, 15) is 18.0 Å². The average Bonchev–Trinajstić information content (AvgIpc) is 2.83. The molecule has 1 N–H and O–H groups in total. The van der Waals surface area contributed by atoms with E-state index >= 15 is 0 Å². The van der Waals surface area contributed by atoms with E-state index in [2.05, 4.69) is 5.32 Å². The highest BCUT2D eigenvalue weighted by Crippen LogP contribution is 2.29. The van der Waals surface area contributed by atoms with E-state index in [0.717, 1.165) is 42.7 Å². The third-order valence-corrected chi connectivity index (χ3v) is 8.78. The Labute approximate surface area is 234 Å². The second-order valence-electron chi connectivity index (χ2n) is 9.43. The Balaban J connectivity index is 1.93. The molecule has 1 saturated carbocycles. The number of rotatable bonds is 9. The van der Waals surface area contributed by atoms with Crippen molar-refractivity contribution in [3.63, 3.8) is 0 Å². The standard InChI is InChI=1S/C26H32Cl3N3O4S/c1-17-22(28)10-7-11-24(17)32(37(3,35)36)16-25(33)31(15-19-12-13-20(27)14-23(19)29)18(2)26(34)30-21-8-5-4-6-9-21/h7,10-14,18,21H,4-6,8-9,15-16H2,1-3H3,(H,30,34)/t18-/m0/s1. The van der Waals surface area contributed by atoms with Crippen molar-refractivity contribution in [2.45, 2.75) is 64.6 Å². The molecule has 7 nitrogen and oxygen atoms in total. The Bertz CT molecular complexity index is 1250. The van der Waals surface area contributed by atoms with Crippen molar-refractivity contribution in [2.75, 3.05) is 17.1 Å². The number of nitrogens with one attached hydrogen (secondary N) is 1. The Morgan fingerprint density at radius 3 is 2.35 bits per heavy atom. The van der Waals surface area contributed by atoms with Crippen LogP contribution >= 0.6 is 34.8 Å². The molecule has 0 bridgehead atoms. The summed E-state index contributed by atoms with van der Waals surface area (Å²) in [5.74, 6) is -0.850. The fourth-order valence-corrected chi connectivity index (χ4v) is 5.98. The van der Waals surface area contributed by atoms with Crippen LogP contribution in [-0.4, -0.2) is 50.0 Å². The van der Waals surface area contributed by atoms with Gasteiger partial charge in [0.15, 0.2) is 0 Å². The molecule has 2 aromatic rings. The number of hydrogen-bond donors (Lipinski definition) is 1. The molecule has 202 valence electrons. The first-order valence-corrected chi connectivity index (χ1v) is 15.1. The lowest BCUT2D eigenvalue weighted by Crippen LogP contribution is -2.53. The molecule has 11 heteroatoms. The van der Waals surface area contributed by atoms with E-state index in [1.807, 2.05) is 0 Å². The smallest absolute Gasteiger partial charge is 0.244 e. The SMILES string of the molecule is Cc1c(Cl)cccc1N(CC(=O)N(Cc1ccc(Cl)cc1Cl)[C@@H](C)C(=O)NC1CCCCC1)S(C)(=O)=O. The molecule has 0 aromatic heterocycles. The van der Waals surface area contributed by atoms with Gasteiger partial charge in [0.25, 0.3) is 0 Å². The summed E-state index contributed by atoms with van der Waals surface area (Å²) in [6.45, 7) is 2.81. The van der Waals surface area contributed by atoms with Gasteiger partial charge < -0.3 is 10.2 Å². The maximum absolute atomic E-state index is 13.7. The number of carbonyl (C=O) groups excluding carboxylic acids is 2. The minimum Gasteiger partial charge on any atom is -0.352 e. The third kappa shape index (κ3) is 7.76. The van der Waals surface area contributed by atoms with Crippen LogP contribution in [0.5, 0.6) is 0 Å². The highest BCUT2D eigenvalue weighted by molar-refractivity contribution is 7.92. The van der Waals surface area contributed by atoms with Crippen LogP contribution in [0.25, 0.3) is 0 Å². The molecule has 0 saturated heterocycles. The number of amides is 2. The summed E-state index contributed by atoms with van der Waals surface area (Å²) in [5.41, 5.74) is 1.41. The molecule has 1 aliphatic carbocycles. The maximum atomic E-state index is 13.7. The van der Waals surface area contributed by atoms with Gasteiger partial charge in [-0.05, 0) is 62.1 Å². The number of anilines is 1. The van der Waals surface area contributed by atoms with Crippen LogP contribution in [0.3, 0.4) is 0 Å². The Morgan fingerprint density at radius 1 is 1.05 bits per heavy atom. The van der Waals surface area contributed by atoms with Crippen LogP contribution in [0.4, 0.5) is 5.69 Å². The van der Waals surface area contributed by atoms with Gasteiger partial charge in [0.05, 0.1) is 11.9 Å². The van der Waals surface area contributed by atoms with Gasteiger partial charge in [0, 0.05) is 27.7 Å². The van der Waals surface area contributed by atoms with Crippen molar-refractivity contribution in [2.24, 2.45) is 0 Å². The van der Waals surface area contributed by atoms with Gasteiger partial charge in [-0.15, -0.1) is 0 Å². The zero-order valence-electron chi connectivity index (χ0n) is 21.1. The zero-order valence-corrected chi connectivity index (χ0v) is 24.2. The van der Waals surface area contributed by atoms with E-state index in [4.69, 9.17) is 34.8 Å². The van der Waals surface area contributed by atoms with Crippen LogP contribution < -0.4 is 9.62 Å². The number of sulfonamides is 1. The molecule has 0 unspecified atom stereocenters.